The van der Waals surface area contributed by atoms with Gasteiger partial charge in [0.25, 0.3) is 5.91 Å². The van der Waals surface area contributed by atoms with Gasteiger partial charge in [0, 0.05) is 33.0 Å². The van der Waals surface area contributed by atoms with Crippen LogP contribution in [-0.4, -0.2) is 22.8 Å². The van der Waals surface area contributed by atoms with E-state index in [1.165, 1.54) is 0 Å². The van der Waals surface area contributed by atoms with Crippen molar-refractivity contribution < 1.29 is 4.79 Å². The van der Waals surface area contributed by atoms with Crippen molar-refractivity contribution >= 4 is 44.8 Å². The Balaban J connectivity index is 2.14. The highest BCUT2D eigenvalue weighted by Crippen LogP contribution is 2.22. The van der Waals surface area contributed by atoms with E-state index in [0.717, 1.165) is 27.9 Å². The van der Waals surface area contributed by atoms with Crippen LogP contribution in [-0.2, 0) is 13.0 Å². The van der Waals surface area contributed by atoms with Crippen LogP contribution < -0.4 is 0 Å². The van der Waals surface area contributed by atoms with Crippen molar-refractivity contribution in [3.8, 4) is 0 Å². The van der Waals surface area contributed by atoms with E-state index in [1.807, 2.05) is 17.5 Å². The van der Waals surface area contributed by atoms with Crippen molar-refractivity contribution in [1.29, 1.82) is 0 Å². The number of carbonyl (C=O) groups is 1. The first-order valence-corrected chi connectivity index (χ1v) is 8.69. The second kappa shape index (κ2) is 7.38. The Labute approximate surface area is 142 Å². The lowest BCUT2D eigenvalue weighted by atomic mass is 10.1. The van der Waals surface area contributed by atoms with Crippen LogP contribution in [0.15, 0.2) is 28.1 Å². The largest absolute Gasteiger partial charge is 0.337 e. The fourth-order valence-corrected chi connectivity index (χ4v) is 3.75. The number of thiophene rings is 1. The van der Waals surface area contributed by atoms with E-state index in [9.17, 15) is 4.79 Å². The van der Waals surface area contributed by atoms with Crippen molar-refractivity contribution in [2.75, 3.05) is 7.05 Å². The van der Waals surface area contributed by atoms with E-state index in [2.05, 4.69) is 27.8 Å². The summed E-state index contributed by atoms with van der Waals surface area (Å²) in [6.45, 7) is 2.66. The van der Waals surface area contributed by atoms with Gasteiger partial charge in [0.05, 0.1) is 6.54 Å². The summed E-state index contributed by atoms with van der Waals surface area (Å²) in [7, 11) is 1.80. The number of aromatic nitrogens is 1. The minimum atomic E-state index is -0.0406. The molecule has 0 bridgehead atoms. The lowest BCUT2D eigenvalue weighted by Crippen LogP contribution is -2.26. The fraction of sp³-hybridized carbons (Fsp3) is 0.333. The number of nitrogens with zero attached hydrogens (tertiary/aromatic N) is 2. The lowest BCUT2D eigenvalue weighted by molar-refractivity contribution is 0.0786. The van der Waals surface area contributed by atoms with Gasteiger partial charge in [0.15, 0.2) is 0 Å². The summed E-state index contributed by atoms with van der Waals surface area (Å²) in [6.07, 6.45) is 1.79. The molecular formula is C15H16BrClN2OS. The van der Waals surface area contributed by atoms with E-state index in [1.54, 1.807) is 29.4 Å². The normalized spacial score (nSPS) is 10.7. The molecule has 0 aliphatic heterocycles. The molecule has 0 aromatic carbocycles. The molecule has 2 aromatic rings. The molecule has 2 aromatic heterocycles. The van der Waals surface area contributed by atoms with Crippen LogP contribution in [0.1, 0.15) is 34.3 Å². The number of hydrogen-bond acceptors (Lipinski definition) is 3. The number of aryl methyl sites for hydroxylation is 1. The zero-order valence-electron chi connectivity index (χ0n) is 11.9. The molecule has 6 heteroatoms. The van der Waals surface area contributed by atoms with Crippen LogP contribution in [0.4, 0.5) is 0 Å². The van der Waals surface area contributed by atoms with E-state index >= 15 is 0 Å². The Morgan fingerprint density at radius 1 is 1.43 bits per heavy atom. The van der Waals surface area contributed by atoms with Gasteiger partial charge in [-0.1, -0.05) is 24.9 Å². The van der Waals surface area contributed by atoms with Crippen LogP contribution in [0.25, 0.3) is 0 Å². The third kappa shape index (κ3) is 4.53. The van der Waals surface area contributed by atoms with E-state index < -0.39 is 0 Å². The highest BCUT2D eigenvalue weighted by Gasteiger charge is 2.15. The third-order valence-corrected chi connectivity index (χ3v) is 4.84. The maximum atomic E-state index is 12.5. The first kappa shape index (κ1) is 16.5. The maximum absolute atomic E-state index is 12.5. The van der Waals surface area contributed by atoms with Gasteiger partial charge in [-0.05, 0) is 40.5 Å². The predicted molar refractivity (Wildman–Crippen MR) is 91.1 cm³/mol. The van der Waals surface area contributed by atoms with Gasteiger partial charge >= 0.3 is 0 Å². The lowest BCUT2D eigenvalue weighted by Gasteiger charge is -2.16. The molecule has 1 amide bonds. The number of rotatable bonds is 5. The average Bonchev–Trinajstić information content (AvgIpc) is 2.83. The Kier molecular flexibility index (Phi) is 5.79. The molecular weight excluding hydrogens is 372 g/mol. The molecule has 21 heavy (non-hydrogen) atoms. The summed E-state index contributed by atoms with van der Waals surface area (Å²) in [6, 6.07) is 5.49. The zero-order chi connectivity index (χ0) is 15.4. The number of pyridine rings is 1. The smallest absolute Gasteiger partial charge is 0.254 e. The molecule has 0 spiro atoms. The molecule has 112 valence electrons. The molecule has 0 radical (unpaired) electrons. The summed E-state index contributed by atoms with van der Waals surface area (Å²) in [5.74, 6) is -0.0406. The van der Waals surface area contributed by atoms with E-state index in [-0.39, 0.29) is 5.91 Å². The van der Waals surface area contributed by atoms with E-state index in [0.29, 0.717) is 17.3 Å². The number of halogens is 2. The van der Waals surface area contributed by atoms with Gasteiger partial charge in [-0.15, -0.1) is 11.3 Å². The van der Waals surface area contributed by atoms with Gasteiger partial charge in [-0.3, -0.25) is 4.79 Å². The number of carbonyl (C=O) groups excluding carboxylic acids is 1. The highest BCUT2D eigenvalue weighted by atomic mass is 79.9. The summed E-state index contributed by atoms with van der Waals surface area (Å²) in [5.41, 5.74) is 1.46. The Morgan fingerprint density at radius 3 is 2.81 bits per heavy atom. The molecule has 0 unspecified atom stereocenters. The molecule has 2 heterocycles. The molecule has 0 fully saturated rings. The van der Waals surface area contributed by atoms with Crippen LogP contribution in [0.5, 0.6) is 0 Å². The van der Waals surface area contributed by atoms with Crippen LogP contribution >= 0.6 is 38.9 Å². The van der Waals surface area contributed by atoms with Crippen LogP contribution in [0, 0.1) is 0 Å². The zero-order valence-corrected chi connectivity index (χ0v) is 15.1. The molecule has 0 saturated heterocycles. The average molecular weight is 388 g/mol. The molecule has 0 aliphatic rings. The minimum absolute atomic E-state index is 0.0406. The quantitative estimate of drug-likeness (QED) is 0.691. The highest BCUT2D eigenvalue weighted by molar-refractivity contribution is 9.10. The monoisotopic (exact) mass is 386 g/mol. The standard InChI is InChI=1S/C15H16BrClN2OS/c1-3-4-12-5-10(6-14(17)18-12)15(20)19(2)8-13-7-11(16)9-21-13/h5-7,9H,3-4,8H2,1-2H3. The Hall–Kier alpha value is -0.910. The minimum Gasteiger partial charge on any atom is -0.337 e. The van der Waals surface area contributed by atoms with Gasteiger partial charge in [-0.25, -0.2) is 4.98 Å². The molecule has 0 N–H and O–H groups in total. The Morgan fingerprint density at radius 2 is 2.19 bits per heavy atom. The van der Waals surface area contributed by atoms with Crippen molar-refractivity contribution in [3.63, 3.8) is 0 Å². The predicted octanol–water partition coefficient (Wildman–Crippen LogP) is 4.78. The molecule has 0 aliphatic carbocycles. The summed E-state index contributed by atoms with van der Waals surface area (Å²) >= 11 is 11.1. The van der Waals surface area contributed by atoms with Gasteiger partial charge in [-0.2, -0.15) is 0 Å². The number of hydrogen-bond donors (Lipinski definition) is 0. The Bertz CT molecular complexity index is 644. The van der Waals surface area contributed by atoms with Gasteiger partial charge in [0.1, 0.15) is 5.15 Å². The first-order valence-electron chi connectivity index (χ1n) is 6.64. The molecule has 0 atom stereocenters. The number of amides is 1. The second-order valence-corrected chi connectivity index (χ2v) is 7.11. The first-order chi connectivity index (χ1) is 9.99. The van der Waals surface area contributed by atoms with Crippen molar-refractivity contribution in [2.24, 2.45) is 0 Å². The summed E-state index contributed by atoms with van der Waals surface area (Å²) in [4.78, 5) is 19.6. The van der Waals surface area contributed by atoms with Crippen molar-refractivity contribution in [3.05, 3.63) is 49.3 Å². The van der Waals surface area contributed by atoms with Crippen LogP contribution in [0.3, 0.4) is 0 Å². The summed E-state index contributed by atoms with van der Waals surface area (Å²) < 4.78 is 1.04. The van der Waals surface area contributed by atoms with Gasteiger partial charge in [0.2, 0.25) is 0 Å². The van der Waals surface area contributed by atoms with Crippen molar-refractivity contribution in [2.45, 2.75) is 26.3 Å². The summed E-state index contributed by atoms with van der Waals surface area (Å²) in [5, 5.41) is 2.38. The molecule has 0 saturated carbocycles. The fourth-order valence-electron chi connectivity index (χ4n) is 2.02. The van der Waals surface area contributed by atoms with Crippen molar-refractivity contribution in [1.82, 2.24) is 9.88 Å². The van der Waals surface area contributed by atoms with Crippen LogP contribution in [0.2, 0.25) is 5.15 Å². The topological polar surface area (TPSA) is 33.2 Å². The second-order valence-electron chi connectivity index (χ2n) is 4.81. The molecule has 3 nitrogen and oxygen atoms in total. The SMILES string of the molecule is CCCc1cc(C(=O)N(C)Cc2cc(Br)cs2)cc(Cl)n1. The van der Waals surface area contributed by atoms with E-state index in [4.69, 9.17) is 11.6 Å². The van der Waals surface area contributed by atoms with Gasteiger partial charge < -0.3 is 4.90 Å². The molecule has 2 rings (SSSR count). The third-order valence-electron chi connectivity index (χ3n) is 2.96. The maximum Gasteiger partial charge on any atom is 0.254 e.